The maximum absolute atomic E-state index is 12.7. The Morgan fingerprint density at radius 2 is 0.569 bits per heavy atom. The summed E-state index contributed by atoms with van der Waals surface area (Å²) in [5, 5.41) is 0. The minimum absolute atomic E-state index is 0.0736. The summed E-state index contributed by atoms with van der Waals surface area (Å²) < 4.78 is 16.8. The molecule has 0 radical (unpaired) electrons. The zero-order chi connectivity index (χ0) is 52.2. The van der Waals surface area contributed by atoms with Crippen molar-refractivity contribution in [3.05, 3.63) is 72.9 Å². The second kappa shape index (κ2) is 60.4. The Morgan fingerprint density at radius 1 is 0.292 bits per heavy atom. The number of esters is 3. The van der Waals surface area contributed by atoms with Crippen molar-refractivity contribution < 1.29 is 28.6 Å². The predicted molar refractivity (Wildman–Crippen MR) is 311 cm³/mol. The summed E-state index contributed by atoms with van der Waals surface area (Å²) >= 11 is 0. The normalized spacial score (nSPS) is 12.5. The summed E-state index contributed by atoms with van der Waals surface area (Å²) in [5.41, 5.74) is 0. The van der Waals surface area contributed by atoms with Crippen molar-refractivity contribution in [1.82, 2.24) is 0 Å². The fraction of sp³-hybridized carbons (Fsp3) is 0.773. The molecule has 0 saturated heterocycles. The number of allylic oxidation sites excluding steroid dienone is 12. The lowest BCUT2D eigenvalue weighted by atomic mass is 10.0. The molecule has 0 N–H and O–H groups in total. The Kier molecular flexibility index (Phi) is 57.8. The first-order chi connectivity index (χ1) is 35.5. The summed E-state index contributed by atoms with van der Waals surface area (Å²) in [4.78, 5) is 37.9. The first-order valence-corrected chi connectivity index (χ1v) is 30.9. The standard InChI is InChI=1S/C66H116O6/c1-4-7-10-13-16-19-21-22-23-24-25-26-27-28-29-30-31-32-33-34-35-36-37-38-39-40-41-42-43-44-45-48-50-53-56-59-65(68)71-62-63(61-70-64(67)58-55-52-49-46-18-15-12-9-6-3)72-66(69)60-57-54-51-47-20-17-14-11-8-5-2/h7,10-11,14,16,19,22-23,25-26,28-29,63H,4-6,8-9,12-13,15,17-18,20-21,24,27,30-62H2,1-3H3/b10-7-,14-11-,19-16-,23-22-,26-25-,29-28-. The van der Waals surface area contributed by atoms with Crippen LogP contribution in [-0.4, -0.2) is 37.2 Å². The molecule has 0 saturated carbocycles. The molecule has 1 atom stereocenters. The molecule has 416 valence electrons. The van der Waals surface area contributed by atoms with Crippen LogP contribution in [0.2, 0.25) is 0 Å². The molecule has 0 rings (SSSR count). The Morgan fingerprint density at radius 3 is 0.917 bits per heavy atom. The third-order valence-corrected chi connectivity index (χ3v) is 13.4. The molecule has 0 spiro atoms. The number of rotatable bonds is 56. The monoisotopic (exact) mass is 1000 g/mol. The summed E-state index contributed by atoms with van der Waals surface area (Å²) in [6.07, 6.45) is 78.0. The molecule has 0 aromatic carbocycles. The van der Waals surface area contributed by atoms with Crippen molar-refractivity contribution >= 4 is 17.9 Å². The first-order valence-electron chi connectivity index (χ1n) is 30.9. The van der Waals surface area contributed by atoms with E-state index in [4.69, 9.17) is 14.2 Å². The minimum Gasteiger partial charge on any atom is -0.462 e. The van der Waals surface area contributed by atoms with Gasteiger partial charge in [-0.2, -0.15) is 0 Å². The molecule has 0 heterocycles. The maximum Gasteiger partial charge on any atom is 0.306 e. The average molecular weight is 1010 g/mol. The predicted octanol–water partition coefficient (Wildman–Crippen LogP) is 20.9. The molecule has 6 heteroatoms. The topological polar surface area (TPSA) is 78.9 Å². The SMILES string of the molecule is CC/C=C\C/C=C\C/C=C\C/C=C\C/C=C\CCCCCCCCCCCCCCCCCCCCCC(=O)OCC(COC(=O)CCCCCCCCCCC)OC(=O)CCCCCCC/C=C\CCC. The van der Waals surface area contributed by atoms with Gasteiger partial charge >= 0.3 is 17.9 Å². The number of hydrogen-bond acceptors (Lipinski definition) is 6. The van der Waals surface area contributed by atoms with Gasteiger partial charge in [0.15, 0.2) is 6.10 Å². The van der Waals surface area contributed by atoms with Crippen LogP contribution in [0, 0.1) is 0 Å². The van der Waals surface area contributed by atoms with E-state index < -0.39 is 6.10 Å². The van der Waals surface area contributed by atoms with Crippen LogP contribution in [0.15, 0.2) is 72.9 Å². The Labute approximate surface area is 446 Å². The molecular weight excluding hydrogens is 889 g/mol. The fourth-order valence-corrected chi connectivity index (χ4v) is 8.83. The van der Waals surface area contributed by atoms with Gasteiger partial charge in [-0.25, -0.2) is 0 Å². The highest BCUT2D eigenvalue weighted by molar-refractivity contribution is 5.71. The molecule has 0 aliphatic rings. The highest BCUT2D eigenvalue weighted by Gasteiger charge is 2.19. The molecule has 0 aliphatic carbocycles. The zero-order valence-corrected chi connectivity index (χ0v) is 47.7. The summed E-state index contributed by atoms with van der Waals surface area (Å²) in [6, 6.07) is 0. The maximum atomic E-state index is 12.7. The molecule has 0 aliphatic heterocycles. The van der Waals surface area contributed by atoms with E-state index >= 15 is 0 Å². The Bertz CT molecular complexity index is 1340. The molecule has 0 bridgehead atoms. The number of carbonyl (C=O) groups is 3. The van der Waals surface area contributed by atoms with Crippen LogP contribution < -0.4 is 0 Å². The molecule has 1 unspecified atom stereocenters. The Balaban J connectivity index is 3.93. The summed E-state index contributed by atoms with van der Waals surface area (Å²) in [6.45, 7) is 6.46. The number of hydrogen-bond donors (Lipinski definition) is 0. The van der Waals surface area contributed by atoms with Gasteiger partial charge in [-0.05, 0) is 83.5 Å². The van der Waals surface area contributed by atoms with Gasteiger partial charge in [0.05, 0.1) is 0 Å². The van der Waals surface area contributed by atoms with Crippen molar-refractivity contribution in [3.8, 4) is 0 Å². The van der Waals surface area contributed by atoms with E-state index in [0.29, 0.717) is 19.3 Å². The van der Waals surface area contributed by atoms with Crippen LogP contribution >= 0.6 is 0 Å². The number of carbonyl (C=O) groups excluding carboxylic acids is 3. The van der Waals surface area contributed by atoms with E-state index in [1.54, 1.807) is 0 Å². The highest BCUT2D eigenvalue weighted by Crippen LogP contribution is 2.17. The molecule has 0 aromatic rings. The van der Waals surface area contributed by atoms with Gasteiger partial charge in [-0.15, -0.1) is 0 Å². The second-order valence-electron chi connectivity index (χ2n) is 20.6. The van der Waals surface area contributed by atoms with Gasteiger partial charge in [-0.1, -0.05) is 280 Å². The van der Waals surface area contributed by atoms with Crippen molar-refractivity contribution in [3.63, 3.8) is 0 Å². The number of unbranched alkanes of at least 4 members (excludes halogenated alkanes) is 33. The minimum atomic E-state index is -0.772. The lowest BCUT2D eigenvalue weighted by Gasteiger charge is -2.18. The van der Waals surface area contributed by atoms with E-state index in [1.165, 1.54) is 161 Å². The van der Waals surface area contributed by atoms with Gasteiger partial charge in [0, 0.05) is 19.3 Å². The highest BCUT2D eigenvalue weighted by atomic mass is 16.6. The lowest BCUT2D eigenvalue weighted by Crippen LogP contribution is -2.30. The first kappa shape index (κ1) is 68.8. The van der Waals surface area contributed by atoms with Gasteiger partial charge in [0.25, 0.3) is 0 Å². The number of ether oxygens (including phenoxy) is 3. The van der Waals surface area contributed by atoms with E-state index in [9.17, 15) is 14.4 Å². The second-order valence-corrected chi connectivity index (χ2v) is 20.6. The van der Waals surface area contributed by atoms with Gasteiger partial charge in [-0.3, -0.25) is 14.4 Å². The average Bonchev–Trinajstić information content (AvgIpc) is 3.38. The lowest BCUT2D eigenvalue weighted by molar-refractivity contribution is -0.167. The van der Waals surface area contributed by atoms with E-state index in [2.05, 4.69) is 93.7 Å². The van der Waals surface area contributed by atoms with Gasteiger partial charge < -0.3 is 14.2 Å². The van der Waals surface area contributed by atoms with E-state index in [-0.39, 0.29) is 31.1 Å². The smallest absolute Gasteiger partial charge is 0.306 e. The largest absolute Gasteiger partial charge is 0.462 e. The van der Waals surface area contributed by atoms with E-state index in [1.807, 2.05) is 0 Å². The molecule has 0 aromatic heterocycles. The third-order valence-electron chi connectivity index (χ3n) is 13.4. The fourth-order valence-electron chi connectivity index (χ4n) is 8.83. The van der Waals surface area contributed by atoms with Gasteiger partial charge in [0.2, 0.25) is 0 Å². The Hall–Kier alpha value is -3.15. The van der Waals surface area contributed by atoms with Crippen LogP contribution in [0.1, 0.15) is 310 Å². The van der Waals surface area contributed by atoms with Gasteiger partial charge in [0.1, 0.15) is 13.2 Å². The molecular formula is C66H116O6. The summed E-state index contributed by atoms with van der Waals surface area (Å²) in [7, 11) is 0. The van der Waals surface area contributed by atoms with Crippen LogP contribution in [0.3, 0.4) is 0 Å². The van der Waals surface area contributed by atoms with Crippen LogP contribution in [-0.2, 0) is 28.6 Å². The zero-order valence-electron chi connectivity index (χ0n) is 47.7. The van der Waals surface area contributed by atoms with Crippen molar-refractivity contribution in [2.75, 3.05) is 13.2 Å². The molecule has 0 amide bonds. The summed E-state index contributed by atoms with van der Waals surface area (Å²) in [5.74, 6) is -0.876. The van der Waals surface area contributed by atoms with Crippen molar-refractivity contribution in [2.24, 2.45) is 0 Å². The van der Waals surface area contributed by atoms with Crippen LogP contribution in [0.25, 0.3) is 0 Å². The quantitative estimate of drug-likeness (QED) is 0.0261. The van der Waals surface area contributed by atoms with Crippen LogP contribution in [0.5, 0.6) is 0 Å². The molecule has 0 fully saturated rings. The third kappa shape index (κ3) is 57.7. The molecule has 6 nitrogen and oxygen atoms in total. The van der Waals surface area contributed by atoms with Crippen LogP contribution in [0.4, 0.5) is 0 Å². The molecule has 72 heavy (non-hydrogen) atoms. The van der Waals surface area contributed by atoms with E-state index in [0.717, 1.165) is 109 Å². The van der Waals surface area contributed by atoms with Crippen molar-refractivity contribution in [1.29, 1.82) is 0 Å². The van der Waals surface area contributed by atoms with Crippen molar-refractivity contribution in [2.45, 2.75) is 316 Å².